The number of phenolic OH excluding ortho intramolecular Hbond substituents is 1. The van der Waals surface area contributed by atoms with Crippen LogP contribution in [0.1, 0.15) is 17.3 Å². The van der Waals surface area contributed by atoms with E-state index in [9.17, 15) is 9.90 Å². The van der Waals surface area contributed by atoms with Gasteiger partial charge in [0.2, 0.25) is 5.16 Å². The minimum absolute atomic E-state index is 0.144. The molecule has 1 aromatic heterocycles. The van der Waals surface area contributed by atoms with Crippen LogP contribution in [0, 0.1) is 0 Å². The highest BCUT2D eigenvalue weighted by Crippen LogP contribution is 2.34. The number of nitrogens with zero attached hydrogens (tertiary/aromatic N) is 2. The van der Waals surface area contributed by atoms with Gasteiger partial charge < -0.3 is 10.4 Å². The highest BCUT2D eigenvalue weighted by atomic mass is 79.9. The third kappa shape index (κ3) is 3.90. The molecule has 1 atom stereocenters. The average Bonchev–Trinajstić information content (AvgIpc) is 2.79. The first-order valence-electron chi connectivity index (χ1n) is 9.78. The van der Waals surface area contributed by atoms with Gasteiger partial charge in [-0.3, -0.25) is 9.78 Å². The number of hydrogen-bond acceptors (Lipinski definition) is 5. The summed E-state index contributed by atoms with van der Waals surface area (Å²) in [7, 11) is 0. The lowest BCUT2D eigenvalue weighted by atomic mass is 10.0. The summed E-state index contributed by atoms with van der Waals surface area (Å²) in [6, 6.07) is 20.5. The standard InChI is InChI=1S/C23H16BrClN4O2S/c24-16-11-13(9-10-19(16)30)21-26-18-8-4-2-6-15(18)20-22(31)27-23(28-29(20)21)32-12-14-5-1-3-7-17(14)25/h1-11,21H,12H2,(H2,27,28,30,31)/p+1/t21-/m1/s1. The molecule has 0 amide bonds. The lowest BCUT2D eigenvalue weighted by Crippen LogP contribution is -2.55. The Labute approximate surface area is 201 Å². The average molecular weight is 529 g/mol. The van der Waals surface area contributed by atoms with E-state index in [-0.39, 0.29) is 11.3 Å². The molecule has 0 aliphatic carbocycles. The van der Waals surface area contributed by atoms with Crippen molar-refractivity contribution in [3.63, 3.8) is 0 Å². The summed E-state index contributed by atoms with van der Waals surface area (Å²) in [6.07, 6.45) is -0.432. The van der Waals surface area contributed by atoms with E-state index >= 15 is 0 Å². The molecule has 5 rings (SSSR count). The number of anilines is 1. The van der Waals surface area contributed by atoms with Crippen LogP contribution in [-0.2, 0) is 5.75 Å². The number of phenols is 1. The Morgan fingerprint density at radius 2 is 1.91 bits per heavy atom. The fourth-order valence-corrected chi connectivity index (χ4v) is 5.17. The Kier molecular flexibility index (Phi) is 5.67. The van der Waals surface area contributed by atoms with Crippen LogP contribution in [0.4, 0.5) is 5.69 Å². The molecular weight excluding hydrogens is 512 g/mol. The molecule has 0 saturated carbocycles. The highest BCUT2D eigenvalue weighted by molar-refractivity contribution is 9.10. The summed E-state index contributed by atoms with van der Waals surface area (Å²) in [6.45, 7) is 0. The predicted octanol–water partition coefficient (Wildman–Crippen LogP) is 5.11. The third-order valence-corrected chi connectivity index (χ3v) is 7.11. The molecule has 9 heteroatoms. The van der Waals surface area contributed by atoms with Crippen LogP contribution in [0.3, 0.4) is 0 Å². The van der Waals surface area contributed by atoms with Gasteiger partial charge in [-0.2, -0.15) is 0 Å². The Morgan fingerprint density at radius 3 is 2.72 bits per heavy atom. The molecule has 32 heavy (non-hydrogen) atoms. The van der Waals surface area contributed by atoms with Gasteiger partial charge >= 0.3 is 11.3 Å². The van der Waals surface area contributed by atoms with E-state index in [1.807, 2.05) is 60.7 Å². The van der Waals surface area contributed by atoms with E-state index in [0.29, 0.717) is 26.1 Å². The summed E-state index contributed by atoms with van der Waals surface area (Å²) in [5, 5.41) is 19.3. The maximum Gasteiger partial charge on any atom is 0.325 e. The number of fused-ring (bicyclic) bond motifs is 3. The smallest absolute Gasteiger partial charge is 0.325 e. The Hall–Kier alpha value is -2.81. The normalized spacial score (nSPS) is 14.4. The maximum atomic E-state index is 13.2. The summed E-state index contributed by atoms with van der Waals surface area (Å²) in [5.41, 5.74) is 3.67. The number of aromatic nitrogens is 3. The number of halogens is 2. The van der Waals surface area contributed by atoms with E-state index in [0.717, 1.165) is 22.4 Å². The lowest BCUT2D eigenvalue weighted by molar-refractivity contribution is -0.759. The summed E-state index contributed by atoms with van der Waals surface area (Å²) >= 11 is 11.1. The van der Waals surface area contributed by atoms with Crippen LogP contribution in [0.15, 0.2) is 81.2 Å². The zero-order valence-electron chi connectivity index (χ0n) is 16.5. The number of hydrogen-bond donors (Lipinski definition) is 3. The topological polar surface area (TPSA) is 81.9 Å². The molecule has 0 bridgehead atoms. The molecule has 3 N–H and O–H groups in total. The second-order valence-corrected chi connectivity index (χ2v) is 9.46. The SMILES string of the molecule is O=c1[nH]c(SCc2ccccc2Cl)n[n+]2c1-c1ccccc1N[C@H]2c1ccc(O)c(Br)c1. The fourth-order valence-electron chi connectivity index (χ4n) is 3.63. The van der Waals surface area contributed by atoms with Crippen LogP contribution < -0.4 is 15.6 Å². The van der Waals surface area contributed by atoms with Crippen LogP contribution in [0.2, 0.25) is 5.02 Å². The third-order valence-electron chi connectivity index (χ3n) is 5.19. The molecule has 1 aliphatic rings. The Balaban J connectivity index is 1.60. The molecule has 0 spiro atoms. The van der Waals surface area contributed by atoms with Gasteiger partial charge in [-0.1, -0.05) is 53.7 Å². The fraction of sp³-hybridized carbons (Fsp3) is 0.0870. The highest BCUT2D eigenvalue weighted by Gasteiger charge is 2.37. The van der Waals surface area contributed by atoms with Gasteiger partial charge in [0, 0.05) is 21.4 Å². The molecular formula is C23H17BrClN4O2S+. The van der Waals surface area contributed by atoms with Gasteiger partial charge in [-0.15, -0.1) is 0 Å². The minimum Gasteiger partial charge on any atom is -0.507 e. The molecule has 0 saturated heterocycles. The zero-order chi connectivity index (χ0) is 22.2. The minimum atomic E-state index is -0.432. The molecule has 0 radical (unpaired) electrons. The van der Waals surface area contributed by atoms with Crippen LogP contribution >= 0.6 is 39.3 Å². The number of aromatic hydroxyl groups is 1. The second kappa shape index (κ2) is 8.61. The van der Waals surface area contributed by atoms with E-state index in [1.165, 1.54) is 11.8 Å². The van der Waals surface area contributed by atoms with Crippen molar-refractivity contribution in [3.8, 4) is 17.0 Å². The number of rotatable bonds is 4. The van der Waals surface area contributed by atoms with Crippen molar-refractivity contribution in [1.29, 1.82) is 0 Å². The van der Waals surface area contributed by atoms with E-state index < -0.39 is 6.17 Å². The largest absolute Gasteiger partial charge is 0.507 e. The van der Waals surface area contributed by atoms with Crippen molar-refractivity contribution in [2.24, 2.45) is 0 Å². The van der Waals surface area contributed by atoms with Gasteiger partial charge in [-0.05, 0) is 62.6 Å². The van der Waals surface area contributed by atoms with Gasteiger partial charge in [0.05, 0.1) is 15.7 Å². The molecule has 2 heterocycles. The van der Waals surface area contributed by atoms with E-state index in [4.69, 9.17) is 16.7 Å². The van der Waals surface area contributed by atoms with Crippen molar-refractivity contribution >= 4 is 45.0 Å². The molecule has 160 valence electrons. The van der Waals surface area contributed by atoms with Crippen molar-refractivity contribution in [2.75, 3.05) is 5.32 Å². The van der Waals surface area contributed by atoms with Crippen molar-refractivity contribution < 1.29 is 9.79 Å². The molecule has 1 aliphatic heterocycles. The number of thioether (sulfide) groups is 1. The van der Waals surface area contributed by atoms with Crippen LogP contribution in [0.5, 0.6) is 5.75 Å². The number of H-pyrrole nitrogens is 1. The molecule has 4 aromatic rings. The molecule has 0 unspecified atom stereocenters. The first kappa shape index (κ1) is 21.1. The summed E-state index contributed by atoms with van der Waals surface area (Å²) in [5.74, 6) is 0.714. The monoisotopic (exact) mass is 527 g/mol. The van der Waals surface area contributed by atoms with Crippen molar-refractivity contribution in [2.45, 2.75) is 17.1 Å². The van der Waals surface area contributed by atoms with Crippen molar-refractivity contribution in [1.82, 2.24) is 10.1 Å². The molecule has 6 nitrogen and oxygen atoms in total. The van der Waals surface area contributed by atoms with E-state index in [1.54, 1.807) is 10.7 Å². The number of benzene rings is 3. The summed E-state index contributed by atoms with van der Waals surface area (Å²) < 4.78 is 2.27. The number of para-hydroxylation sites is 1. The van der Waals surface area contributed by atoms with Crippen molar-refractivity contribution in [3.05, 3.63) is 97.7 Å². The zero-order valence-corrected chi connectivity index (χ0v) is 19.7. The van der Waals surface area contributed by atoms with Gasteiger partial charge in [0.1, 0.15) is 5.75 Å². The second-order valence-electron chi connectivity index (χ2n) is 7.24. The first-order valence-corrected chi connectivity index (χ1v) is 11.9. The number of aromatic amines is 1. The predicted molar refractivity (Wildman–Crippen MR) is 129 cm³/mol. The van der Waals surface area contributed by atoms with Gasteiger partial charge in [0.25, 0.3) is 6.17 Å². The summed E-state index contributed by atoms with van der Waals surface area (Å²) in [4.78, 5) is 16.1. The van der Waals surface area contributed by atoms with Gasteiger partial charge in [-0.25, -0.2) is 0 Å². The van der Waals surface area contributed by atoms with E-state index in [2.05, 4.69) is 26.2 Å². The first-order chi connectivity index (χ1) is 15.5. The van der Waals surface area contributed by atoms with Gasteiger partial charge in [0.15, 0.2) is 0 Å². The van der Waals surface area contributed by atoms with Crippen LogP contribution in [-0.4, -0.2) is 15.2 Å². The maximum absolute atomic E-state index is 13.2. The van der Waals surface area contributed by atoms with Crippen LogP contribution in [0.25, 0.3) is 11.3 Å². The number of nitrogens with one attached hydrogen (secondary N) is 2. The quantitative estimate of drug-likeness (QED) is 0.253. The lowest BCUT2D eigenvalue weighted by Gasteiger charge is -2.22. The Morgan fingerprint density at radius 1 is 1.12 bits per heavy atom. The molecule has 3 aromatic carbocycles. The molecule has 0 fully saturated rings. The Bertz CT molecular complexity index is 1390.